The van der Waals surface area contributed by atoms with Crippen molar-refractivity contribution in [3.05, 3.63) is 10.4 Å². The van der Waals surface area contributed by atoms with Gasteiger partial charge in [0.15, 0.2) is 0 Å². The smallest absolute Gasteiger partial charge is 0.305 e. The van der Waals surface area contributed by atoms with Crippen molar-refractivity contribution in [1.29, 1.82) is 0 Å². The zero-order valence-corrected chi connectivity index (χ0v) is 7.55. The van der Waals surface area contributed by atoms with Gasteiger partial charge in [-0.1, -0.05) is 5.11 Å². The molecule has 0 aromatic rings. The first-order chi connectivity index (χ1) is 6.66. The average molecular weight is 201 g/mol. The quantitative estimate of drug-likeness (QED) is 0.218. The molecule has 78 valence electrons. The van der Waals surface area contributed by atoms with Crippen LogP contribution in [0, 0.1) is 0 Å². The summed E-state index contributed by atoms with van der Waals surface area (Å²) in [4.78, 5) is 23.4. The van der Waals surface area contributed by atoms with Crippen LogP contribution in [0.3, 0.4) is 0 Å². The molecule has 0 aromatic carbocycles. The predicted octanol–water partition coefficient (Wildman–Crippen LogP) is 1.09. The summed E-state index contributed by atoms with van der Waals surface area (Å²) < 4.78 is 4.63. The molecule has 0 aliphatic heterocycles. The molecule has 7 heteroatoms. The highest BCUT2D eigenvalue weighted by Crippen LogP contribution is 1.97. The van der Waals surface area contributed by atoms with E-state index >= 15 is 0 Å². The summed E-state index contributed by atoms with van der Waals surface area (Å²) in [5.41, 5.74) is 7.89. The second-order valence-corrected chi connectivity index (χ2v) is 2.42. The predicted molar refractivity (Wildman–Crippen MR) is 46.5 cm³/mol. The maximum Gasteiger partial charge on any atom is 0.305 e. The highest BCUT2D eigenvalue weighted by atomic mass is 16.5. The molecule has 0 aromatic heterocycles. The van der Waals surface area contributed by atoms with Gasteiger partial charge in [0.2, 0.25) is 0 Å². The number of hydrogen-bond donors (Lipinski definition) is 1. The van der Waals surface area contributed by atoms with E-state index in [9.17, 15) is 9.59 Å². The lowest BCUT2D eigenvalue weighted by Crippen LogP contribution is -2.08. The van der Waals surface area contributed by atoms with Crippen molar-refractivity contribution in [2.45, 2.75) is 19.3 Å². The number of azide groups is 1. The minimum absolute atomic E-state index is 0.0377. The number of ether oxygens (including phenoxy) is 1. The Morgan fingerprint density at radius 3 is 2.71 bits per heavy atom. The van der Waals surface area contributed by atoms with E-state index in [1.54, 1.807) is 0 Å². The van der Waals surface area contributed by atoms with Gasteiger partial charge in [-0.2, -0.15) is 0 Å². The van der Waals surface area contributed by atoms with Gasteiger partial charge in [0, 0.05) is 17.8 Å². The molecule has 0 aliphatic carbocycles. The first-order valence-electron chi connectivity index (χ1n) is 4.05. The summed E-state index contributed by atoms with van der Waals surface area (Å²) in [5, 5.41) is 11.4. The molecule has 0 heterocycles. The van der Waals surface area contributed by atoms with Crippen LogP contribution in [0.2, 0.25) is 0 Å². The van der Waals surface area contributed by atoms with Crippen LogP contribution in [0.5, 0.6) is 0 Å². The van der Waals surface area contributed by atoms with Crippen LogP contribution in [0.15, 0.2) is 5.11 Å². The van der Waals surface area contributed by atoms with Crippen molar-refractivity contribution >= 4 is 11.9 Å². The number of esters is 1. The Balaban J connectivity index is 3.36. The Morgan fingerprint density at radius 2 is 2.14 bits per heavy atom. The van der Waals surface area contributed by atoms with E-state index < -0.39 is 11.9 Å². The summed E-state index contributed by atoms with van der Waals surface area (Å²) in [7, 11) is 0. The van der Waals surface area contributed by atoms with Gasteiger partial charge in [0.05, 0.1) is 13.2 Å². The zero-order chi connectivity index (χ0) is 10.8. The average Bonchev–Trinajstić information content (AvgIpc) is 2.12. The molecule has 0 amide bonds. The lowest BCUT2D eigenvalue weighted by Gasteiger charge is -2.00. The molecule has 14 heavy (non-hydrogen) atoms. The molecule has 0 saturated carbocycles. The number of carboxylic acids is 1. The third-order valence-corrected chi connectivity index (χ3v) is 1.29. The fraction of sp³-hybridized carbons (Fsp3) is 0.714. The van der Waals surface area contributed by atoms with Crippen molar-refractivity contribution in [2.75, 3.05) is 13.2 Å². The molecule has 0 rings (SSSR count). The third-order valence-electron chi connectivity index (χ3n) is 1.29. The van der Waals surface area contributed by atoms with Gasteiger partial charge in [-0.05, 0) is 12.0 Å². The minimum atomic E-state index is -0.938. The lowest BCUT2D eigenvalue weighted by molar-refractivity contribution is -0.143. The Kier molecular flexibility index (Phi) is 6.89. The Bertz CT molecular complexity index is 237. The molecular formula is C7H11N3O4. The van der Waals surface area contributed by atoms with Crippen LogP contribution in [-0.4, -0.2) is 30.2 Å². The van der Waals surface area contributed by atoms with Crippen molar-refractivity contribution in [1.82, 2.24) is 0 Å². The fourth-order valence-corrected chi connectivity index (χ4v) is 0.701. The molecule has 0 unspecified atom stereocenters. The second kappa shape index (κ2) is 7.88. The summed E-state index contributed by atoms with van der Waals surface area (Å²) in [6.45, 7) is 0.136. The third kappa shape index (κ3) is 8.35. The van der Waals surface area contributed by atoms with Crippen LogP contribution >= 0.6 is 0 Å². The standard InChI is InChI=1S/C7H11N3O4/c8-10-9-4-5-14-7(13)3-1-2-6(11)12/h1-5H2,(H,11,12). The van der Waals surface area contributed by atoms with Crippen LogP contribution in [0.1, 0.15) is 19.3 Å². The minimum Gasteiger partial charge on any atom is -0.481 e. The number of carbonyl (C=O) groups is 2. The van der Waals surface area contributed by atoms with E-state index in [1.165, 1.54) is 0 Å². The van der Waals surface area contributed by atoms with Gasteiger partial charge < -0.3 is 9.84 Å². The molecule has 0 aliphatic rings. The van der Waals surface area contributed by atoms with Gasteiger partial charge in [-0.15, -0.1) is 0 Å². The van der Waals surface area contributed by atoms with E-state index in [0.717, 1.165) is 0 Å². The summed E-state index contributed by atoms with van der Waals surface area (Å²) in [5.74, 6) is -1.41. The molecular weight excluding hydrogens is 190 g/mol. The highest BCUT2D eigenvalue weighted by molar-refractivity contribution is 5.71. The number of nitrogens with zero attached hydrogens (tertiary/aromatic N) is 3. The molecule has 0 bridgehead atoms. The normalized spacial score (nSPS) is 8.86. The Hall–Kier alpha value is -1.75. The number of carbonyl (C=O) groups excluding carboxylic acids is 1. The van der Waals surface area contributed by atoms with Crippen molar-refractivity contribution in [3.8, 4) is 0 Å². The molecule has 1 N–H and O–H groups in total. The summed E-state index contributed by atoms with van der Waals surface area (Å²) in [6, 6.07) is 0. The highest BCUT2D eigenvalue weighted by Gasteiger charge is 2.04. The van der Waals surface area contributed by atoms with Gasteiger partial charge in [-0.3, -0.25) is 9.59 Å². The number of aliphatic carboxylic acids is 1. The molecule has 0 saturated heterocycles. The Morgan fingerprint density at radius 1 is 1.43 bits per heavy atom. The summed E-state index contributed by atoms with van der Waals surface area (Å²) >= 11 is 0. The van der Waals surface area contributed by atoms with Crippen molar-refractivity contribution in [2.24, 2.45) is 5.11 Å². The molecule has 0 atom stereocenters. The molecule has 7 nitrogen and oxygen atoms in total. The first-order valence-corrected chi connectivity index (χ1v) is 4.05. The fourth-order valence-electron chi connectivity index (χ4n) is 0.701. The zero-order valence-electron chi connectivity index (χ0n) is 7.55. The SMILES string of the molecule is [N-]=[N+]=NCCOC(=O)CCCC(=O)O. The number of hydrogen-bond acceptors (Lipinski definition) is 4. The molecule has 0 spiro atoms. The maximum absolute atomic E-state index is 10.8. The molecule has 0 fully saturated rings. The van der Waals surface area contributed by atoms with Gasteiger partial charge in [-0.25, -0.2) is 0 Å². The number of carboxylic acid groups (broad SMARTS) is 1. The monoisotopic (exact) mass is 201 g/mol. The largest absolute Gasteiger partial charge is 0.481 e. The van der Waals surface area contributed by atoms with Gasteiger partial charge in [0.1, 0.15) is 0 Å². The Labute approximate surface area is 80.3 Å². The van der Waals surface area contributed by atoms with Crippen LogP contribution in [0.4, 0.5) is 0 Å². The number of rotatable bonds is 7. The van der Waals surface area contributed by atoms with E-state index in [-0.39, 0.29) is 32.4 Å². The van der Waals surface area contributed by atoms with Crippen LogP contribution < -0.4 is 0 Å². The van der Waals surface area contributed by atoms with Gasteiger partial charge in [0.25, 0.3) is 0 Å². The summed E-state index contributed by atoms with van der Waals surface area (Å²) in [6.07, 6.45) is 0.281. The second-order valence-electron chi connectivity index (χ2n) is 2.42. The topological polar surface area (TPSA) is 112 Å². The molecule has 0 radical (unpaired) electrons. The van der Waals surface area contributed by atoms with E-state index in [4.69, 9.17) is 10.6 Å². The lowest BCUT2D eigenvalue weighted by atomic mass is 10.2. The van der Waals surface area contributed by atoms with E-state index in [0.29, 0.717) is 0 Å². The van der Waals surface area contributed by atoms with Crippen LogP contribution in [-0.2, 0) is 14.3 Å². The first kappa shape index (κ1) is 12.2. The van der Waals surface area contributed by atoms with Gasteiger partial charge >= 0.3 is 11.9 Å². The van der Waals surface area contributed by atoms with E-state index in [1.807, 2.05) is 0 Å². The van der Waals surface area contributed by atoms with Crippen molar-refractivity contribution in [3.63, 3.8) is 0 Å². The van der Waals surface area contributed by atoms with Crippen molar-refractivity contribution < 1.29 is 19.4 Å². The maximum atomic E-state index is 10.8. The van der Waals surface area contributed by atoms with Crippen LogP contribution in [0.25, 0.3) is 10.4 Å². The van der Waals surface area contributed by atoms with E-state index in [2.05, 4.69) is 14.8 Å².